The highest BCUT2D eigenvalue weighted by atomic mass is 32.2. The van der Waals surface area contributed by atoms with Crippen LogP contribution in [0.1, 0.15) is 18.1 Å². The summed E-state index contributed by atoms with van der Waals surface area (Å²) >= 11 is 0. The van der Waals surface area contributed by atoms with E-state index >= 15 is 0 Å². The van der Waals surface area contributed by atoms with Gasteiger partial charge in [0.15, 0.2) is 11.5 Å². The van der Waals surface area contributed by atoms with E-state index < -0.39 is 16.9 Å². The number of fused-ring (bicyclic) bond motifs is 1. The molecule has 2 atom stereocenters. The molecule has 1 heterocycles. The summed E-state index contributed by atoms with van der Waals surface area (Å²) in [6, 6.07) is 5.44. The van der Waals surface area contributed by atoms with Gasteiger partial charge < -0.3 is 19.9 Å². The minimum absolute atomic E-state index is 0.237. The predicted octanol–water partition coefficient (Wildman–Crippen LogP) is 0.807. The number of hydrogen-bond donors (Lipinski definition) is 2. The van der Waals surface area contributed by atoms with Crippen LogP contribution in [0.15, 0.2) is 18.2 Å². The van der Waals surface area contributed by atoms with E-state index in [1.807, 2.05) is 6.07 Å². The van der Waals surface area contributed by atoms with Gasteiger partial charge in [-0.2, -0.15) is 0 Å². The number of aliphatic hydroxyl groups is 1. The second kappa shape index (κ2) is 6.88. The third-order valence-corrected chi connectivity index (χ3v) is 3.77. The molecule has 0 fully saturated rings. The molecular formula is C13H19NO4S. The Kier molecular flexibility index (Phi) is 5.18. The molecule has 106 valence electrons. The lowest BCUT2D eigenvalue weighted by molar-refractivity contribution is 0.170. The van der Waals surface area contributed by atoms with Gasteiger partial charge in [-0.05, 0) is 30.7 Å². The maximum Gasteiger partial charge on any atom is 0.231 e. The number of benzene rings is 1. The quantitative estimate of drug-likeness (QED) is 0.726. The molecule has 2 N–H and O–H groups in total. The fourth-order valence-corrected chi connectivity index (χ4v) is 2.43. The molecule has 0 saturated carbocycles. The fraction of sp³-hybridized carbons (Fsp3) is 0.538. The van der Waals surface area contributed by atoms with E-state index in [-0.39, 0.29) is 6.79 Å². The van der Waals surface area contributed by atoms with Gasteiger partial charge in [0.25, 0.3) is 0 Å². The van der Waals surface area contributed by atoms with Gasteiger partial charge in [0.05, 0.1) is 6.10 Å². The maximum atomic E-state index is 10.9. The molecule has 5 nitrogen and oxygen atoms in total. The average molecular weight is 285 g/mol. The largest absolute Gasteiger partial charge is 0.454 e. The summed E-state index contributed by atoms with van der Waals surface area (Å²) in [5.74, 6) is 2.08. The third kappa shape index (κ3) is 4.19. The van der Waals surface area contributed by atoms with Crippen LogP contribution in [0.4, 0.5) is 0 Å². The molecular weight excluding hydrogens is 266 g/mol. The van der Waals surface area contributed by atoms with Crippen LogP contribution in [0.2, 0.25) is 0 Å². The van der Waals surface area contributed by atoms with E-state index in [1.54, 1.807) is 18.4 Å². The molecule has 0 radical (unpaired) electrons. The molecule has 2 unspecified atom stereocenters. The Bertz CT molecular complexity index is 452. The molecule has 1 aliphatic rings. The summed E-state index contributed by atoms with van der Waals surface area (Å²) in [5.41, 5.74) is 0.802. The highest BCUT2D eigenvalue weighted by Crippen LogP contribution is 2.33. The van der Waals surface area contributed by atoms with Crippen LogP contribution in [0.3, 0.4) is 0 Å². The summed E-state index contributed by atoms with van der Waals surface area (Å²) in [5, 5.41) is 13.2. The SMILES string of the molecule is CS(=O)CCCNCC(O)c1ccc2c(c1)OCO2. The van der Waals surface area contributed by atoms with E-state index in [0.29, 0.717) is 23.8 Å². The van der Waals surface area contributed by atoms with Crippen LogP contribution in [-0.4, -0.2) is 41.2 Å². The zero-order chi connectivity index (χ0) is 13.7. The monoisotopic (exact) mass is 285 g/mol. The first-order chi connectivity index (χ1) is 9.16. The molecule has 0 saturated heterocycles. The van der Waals surface area contributed by atoms with E-state index in [0.717, 1.165) is 18.5 Å². The van der Waals surface area contributed by atoms with E-state index in [9.17, 15) is 9.32 Å². The van der Waals surface area contributed by atoms with Crippen LogP contribution in [0.25, 0.3) is 0 Å². The van der Waals surface area contributed by atoms with Gasteiger partial charge in [-0.25, -0.2) is 0 Å². The Morgan fingerprint density at radius 3 is 3.00 bits per heavy atom. The topological polar surface area (TPSA) is 67.8 Å². The summed E-state index contributed by atoms with van der Waals surface area (Å²) < 4.78 is 21.4. The summed E-state index contributed by atoms with van der Waals surface area (Å²) in [6.07, 6.45) is 1.96. The first-order valence-corrected chi connectivity index (χ1v) is 7.98. The maximum absolute atomic E-state index is 10.9. The Balaban J connectivity index is 1.77. The summed E-state index contributed by atoms with van der Waals surface area (Å²) in [4.78, 5) is 0. The Hall–Kier alpha value is -1.11. The van der Waals surface area contributed by atoms with Crippen molar-refractivity contribution in [3.63, 3.8) is 0 Å². The Labute approximate surface area is 115 Å². The molecule has 0 aliphatic carbocycles. The molecule has 1 aromatic carbocycles. The van der Waals surface area contributed by atoms with Crippen molar-refractivity contribution in [2.24, 2.45) is 0 Å². The highest BCUT2D eigenvalue weighted by molar-refractivity contribution is 7.84. The molecule has 1 aromatic rings. The molecule has 19 heavy (non-hydrogen) atoms. The van der Waals surface area contributed by atoms with Crippen molar-refractivity contribution < 1.29 is 18.8 Å². The van der Waals surface area contributed by atoms with E-state index in [4.69, 9.17) is 9.47 Å². The zero-order valence-electron chi connectivity index (χ0n) is 10.9. The van der Waals surface area contributed by atoms with Gasteiger partial charge in [0, 0.05) is 29.4 Å². The zero-order valence-corrected chi connectivity index (χ0v) is 11.7. The van der Waals surface area contributed by atoms with Crippen molar-refractivity contribution in [3.8, 4) is 11.5 Å². The predicted molar refractivity (Wildman–Crippen MR) is 73.9 cm³/mol. The van der Waals surface area contributed by atoms with Gasteiger partial charge in [-0.15, -0.1) is 0 Å². The first kappa shape index (κ1) is 14.3. The number of aliphatic hydroxyl groups excluding tert-OH is 1. The van der Waals surface area contributed by atoms with Crippen molar-refractivity contribution in [2.75, 3.05) is 31.9 Å². The molecule has 0 amide bonds. The van der Waals surface area contributed by atoms with Crippen LogP contribution < -0.4 is 14.8 Å². The lowest BCUT2D eigenvalue weighted by atomic mass is 10.1. The number of hydrogen-bond acceptors (Lipinski definition) is 5. The van der Waals surface area contributed by atoms with Gasteiger partial charge in [-0.3, -0.25) is 4.21 Å². The minimum atomic E-state index is -0.749. The standard InChI is InChI=1S/C13H19NO4S/c1-19(16)6-2-5-14-8-11(15)10-3-4-12-13(7-10)18-9-17-12/h3-4,7,11,14-15H,2,5-6,8-9H2,1H3. The molecule has 1 aliphatic heterocycles. The lowest BCUT2D eigenvalue weighted by Crippen LogP contribution is -2.23. The normalized spacial score (nSPS) is 16.3. The van der Waals surface area contributed by atoms with Crippen LogP contribution in [-0.2, 0) is 10.8 Å². The molecule has 6 heteroatoms. The molecule has 0 spiro atoms. The second-order valence-corrected chi connectivity index (χ2v) is 6.02. The molecule has 2 rings (SSSR count). The van der Waals surface area contributed by atoms with Gasteiger partial charge in [-0.1, -0.05) is 6.07 Å². The Morgan fingerprint density at radius 2 is 2.21 bits per heavy atom. The van der Waals surface area contributed by atoms with Gasteiger partial charge in [0.1, 0.15) is 0 Å². The average Bonchev–Trinajstić information content (AvgIpc) is 2.84. The van der Waals surface area contributed by atoms with Crippen molar-refractivity contribution >= 4 is 10.8 Å². The van der Waals surface area contributed by atoms with Crippen LogP contribution in [0, 0.1) is 0 Å². The van der Waals surface area contributed by atoms with E-state index in [2.05, 4.69) is 5.32 Å². The van der Waals surface area contributed by atoms with Gasteiger partial charge >= 0.3 is 0 Å². The minimum Gasteiger partial charge on any atom is -0.454 e. The van der Waals surface area contributed by atoms with Crippen LogP contribution in [0.5, 0.6) is 11.5 Å². The highest BCUT2D eigenvalue weighted by Gasteiger charge is 2.16. The molecule has 0 bridgehead atoms. The van der Waals surface area contributed by atoms with Gasteiger partial charge in [0.2, 0.25) is 6.79 Å². The second-order valence-electron chi connectivity index (χ2n) is 4.46. The summed E-state index contributed by atoms with van der Waals surface area (Å²) in [6.45, 7) is 1.46. The van der Waals surface area contributed by atoms with Crippen molar-refractivity contribution in [2.45, 2.75) is 12.5 Å². The smallest absolute Gasteiger partial charge is 0.231 e. The number of ether oxygens (including phenoxy) is 2. The van der Waals surface area contributed by atoms with Crippen molar-refractivity contribution in [3.05, 3.63) is 23.8 Å². The number of rotatable bonds is 7. The number of nitrogens with one attached hydrogen (secondary N) is 1. The first-order valence-electron chi connectivity index (χ1n) is 6.25. The summed E-state index contributed by atoms with van der Waals surface area (Å²) in [7, 11) is -0.749. The lowest BCUT2D eigenvalue weighted by Gasteiger charge is -2.12. The Morgan fingerprint density at radius 1 is 1.42 bits per heavy atom. The third-order valence-electron chi connectivity index (χ3n) is 2.90. The van der Waals surface area contributed by atoms with E-state index in [1.165, 1.54) is 0 Å². The molecule has 0 aromatic heterocycles. The van der Waals surface area contributed by atoms with Crippen LogP contribution >= 0.6 is 0 Å². The van der Waals surface area contributed by atoms with Crippen molar-refractivity contribution in [1.29, 1.82) is 0 Å². The van der Waals surface area contributed by atoms with Crippen molar-refractivity contribution in [1.82, 2.24) is 5.32 Å². The fourth-order valence-electron chi connectivity index (χ4n) is 1.88.